The van der Waals surface area contributed by atoms with Gasteiger partial charge in [-0.05, 0) is 63.9 Å². The van der Waals surface area contributed by atoms with E-state index in [1.54, 1.807) is 71.0 Å². The van der Waals surface area contributed by atoms with Crippen molar-refractivity contribution in [1.29, 1.82) is 0 Å². The van der Waals surface area contributed by atoms with Gasteiger partial charge in [-0.25, -0.2) is 8.42 Å². The second-order valence-electron chi connectivity index (χ2n) is 8.87. The molecule has 0 fully saturated rings. The summed E-state index contributed by atoms with van der Waals surface area (Å²) in [7, 11) is -4.17. The molecule has 0 bridgehead atoms. The van der Waals surface area contributed by atoms with Crippen molar-refractivity contribution in [1.82, 2.24) is 5.32 Å². The van der Waals surface area contributed by atoms with E-state index in [1.807, 2.05) is 0 Å². The molecule has 1 atom stereocenters. The number of para-hydroxylation sites is 1. The first-order valence-electron chi connectivity index (χ1n) is 11.1. The smallest absolute Gasteiger partial charge is 0.327 e. The third-order valence-corrected chi connectivity index (χ3v) is 6.39. The van der Waals surface area contributed by atoms with Crippen LogP contribution in [0.1, 0.15) is 49.2 Å². The van der Waals surface area contributed by atoms with Crippen LogP contribution in [0.2, 0.25) is 0 Å². The Labute approximate surface area is 206 Å². The monoisotopic (exact) mass is 504 g/mol. The van der Waals surface area contributed by atoms with E-state index in [0.717, 1.165) is 0 Å². The van der Waals surface area contributed by atoms with Gasteiger partial charge >= 0.3 is 11.9 Å². The van der Waals surface area contributed by atoms with Crippen LogP contribution < -0.4 is 10.0 Å². The molecule has 0 radical (unpaired) electrons. The Hall–Kier alpha value is -3.40. The van der Waals surface area contributed by atoms with Gasteiger partial charge < -0.3 is 14.8 Å². The molecular formula is C25H32N2O7S. The van der Waals surface area contributed by atoms with E-state index < -0.39 is 38.7 Å². The molecule has 0 saturated carbocycles. The Morgan fingerprint density at radius 2 is 1.63 bits per heavy atom. The van der Waals surface area contributed by atoms with Crippen molar-refractivity contribution >= 4 is 33.6 Å². The molecule has 2 aromatic rings. The number of carbonyl (C=O) groups excluding carboxylic acids is 3. The number of carbonyl (C=O) groups is 3. The largest absolute Gasteiger partial charge is 0.465 e. The minimum Gasteiger partial charge on any atom is -0.465 e. The van der Waals surface area contributed by atoms with Gasteiger partial charge in [0.25, 0.3) is 5.91 Å². The second-order valence-corrected chi connectivity index (χ2v) is 10.7. The van der Waals surface area contributed by atoms with Gasteiger partial charge in [-0.2, -0.15) is 0 Å². The maximum absolute atomic E-state index is 13.2. The molecule has 0 aromatic heterocycles. The predicted octanol–water partition coefficient (Wildman–Crippen LogP) is 2.98. The summed E-state index contributed by atoms with van der Waals surface area (Å²) in [5.74, 6) is -1.92. The molecule has 190 valence electrons. The van der Waals surface area contributed by atoms with Crippen LogP contribution in [-0.2, 0) is 35.5 Å². The first-order valence-corrected chi connectivity index (χ1v) is 12.7. The van der Waals surface area contributed by atoms with Crippen molar-refractivity contribution in [2.24, 2.45) is 0 Å². The third kappa shape index (κ3) is 8.71. The summed E-state index contributed by atoms with van der Waals surface area (Å²) in [4.78, 5) is 36.6. The molecule has 0 saturated heterocycles. The van der Waals surface area contributed by atoms with Gasteiger partial charge in [0, 0.05) is 12.0 Å². The molecule has 2 N–H and O–H groups in total. The van der Waals surface area contributed by atoms with E-state index in [9.17, 15) is 22.8 Å². The second kappa shape index (κ2) is 11.8. The van der Waals surface area contributed by atoms with Crippen LogP contribution >= 0.6 is 0 Å². The zero-order valence-electron chi connectivity index (χ0n) is 20.6. The molecular weight excluding hydrogens is 472 g/mol. The van der Waals surface area contributed by atoms with Crippen molar-refractivity contribution in [3.8, 4) is 0 Å². The third-order valence-electron chi connectivity index (χ3n) is 4.78. The lowest BCUT2D eigenvalue weighted by atomic mass is 10.1. The zero-order valence-corrected chi connectivity index (χ0v) is 21.4. The highest BCUT2D eigenvalue weighted by molar-refractivity contribution is 7.94. The summed E-state index contributed by atoms with van der Waals surface area (Å²) in [6.07, 6.45) is -0.166. The Morgan fingerprint density at radius 3 is 2.20 bits per heavy atom. The molecule has 2 rings (SSSR count). The first kappa shape index (κ1) is 27.8. The molecule has 0 spiro atoms. The first-order chi connectivity index (χ1) is 16.3. The Bertz CT molecular complexity index is 1150. The number of amides is 1. The summed E-state index contributed by atoms with van der Waals surface area (Å²) in [5.41, 5.74) is 0.978. The summed E-state index contributed by atoms with van der Waals surface area (Å²) >= 11 is 0. The average molecular weight is 505 g/mol. The highest BCUT2D eigenvalue weighted by atomic mass is 32.2. The van der Waals surface area contributed by atoms with Crippen molar-refractivity contribution in [2.45, 2.75) is 51.9 Å². The van der Waals surface area contributed by atoms with Crippen LogP contribution in [0.4, 0.5) is 5.69 Å². The van der Waals surface area contributed by atoms with E-state index in [2.05, 4.69) is 10.0 Å². The summed E-state index contributed by atoms with van der Waals surface area (Å²) < 4.78 is 39.2. The maximum Gasteiger partial charge on any atom is 0.327 e. The molecule has 10 heteroatoms. The number of nitrogens with one attached hydrogen (secondary N) is 2. The Kier molecular flexibility index (Phi) is 9.41. The summed E-state index contributed by atoms with van der Waals surface area (Å²) in [6.45, 7) is 8.35. The maximum atomic E-state index is 13.2. The topological polar surface area (TPSA) is 128 Å². The molecule has 0 aliphatic heterocycles. The fourth-order valence-corrected chi connectivity index (χ4v) is 4.46. The van der Waals surface area contributed by atoms with Gasteiger partial charge in [-0.3, -0.25) is 19.1 Å². The average Bonchev–Trinajstić information content (AvgIpc) is 2.76. The van der Waals surface area contributed by atoms with E-state index in [0.29, 0.717) is 16.8 Å². The lowest BCUT2D eigenvalue weighted by Gasteiger charge is -2.24. The number of benzene rings is 2. The van der Waals surface area contributed by atoms with Gasteiger partial charge in [0.2, 0.25) is 10.0 Å². The van der Waals surface area contributed by atoms with E-state index in [1.165, 1.54) is 12.1 Å². The van der Waals surface area contributed by atoms with Gasteiger partial charge in [0.15, 0.2) is 5.25 Å². The fourth-order valence-electron chi connectivity index (χ4n) is 3.07. The SMILES string of the molecule is CCOC(=O)CNC(=O)c1ccc(C[C@@H](C(=O)OC(C)(C)C)S(=O)(=O)Nc2ccccc2C)cc1. The quantitative estimate of drug-likeness (QED) is 0.476. The standard InChI is InChI=1S/C25H32N2O7S/c1-6-33-22(28)16-26-23(29)19-13-11-18(12-14-19)15-21(24(30)34-25(3,4)5)35(31,32)27-20-10-8-7-9-17(20)2/h7-14,21,27H,6,15-16H2,1-5H3,(H,26,29)/t21-/m0/s1. The van der Waals surface area contributed by atoms with E-state index in [4.69, 9.17) is 9.47 Å². The van der Waals surface area contributed by atoms with E-state index in [-0.39, 0.29) is 25.1 Å². The number of hydrogen-bond acceptors (Lipinski definition) is 7. The highest BCUT2D eigenvalue weighted by Gasteiger charge is 2.36. The molecule has 9 nitrogen and oxygen atoms in total. The summed E-state index contributed by atoms with van der Waals surface area (Å²) in [6, 6.07) is 12.9. The minimum atomic E-state index is -4.17. The van der Waals surface area contributed by atoms with Crippen molar-refractivity contribution in [3.05, 3.63) is 65.2 Å². The van der Waals surface area contributed by atoms with Crippen LogP contribution in [0, 0.1) is 6.92 Å². The molecule has 2 aromatic carbocycles. The number of sulfonamides is 1. The molecule has 0 heterocycles. The van der Waals surface area contributed by atoms with E-state index >= 15 is 0 Å². The molecule has 0 aliphatic rings. The lowest BCUT2D eigenvalue weighted by Crippen LogP contribution is -2.41. The normalized spacial score (nSPS) is 12.4. The lowest BCUT2D eigenvalue weighted by molar-refractivity contribution is -0.154. The molecule has 0 aliphatic carbocycles. The molecule has 35 heavy (non-hydrogen) atoms. The zero-order chi connectivity index (χ0) is 26.2. The Balaban J connectivity index is 2.23. The van der Waals surface area contributed by atoms with Gasteiger partial charge in [-0.1, -0.05) is 30.3 Å². The highest BCUT2D eigenvalue weighted by Crippen LogP contribution is 2.21. The number of rotatable bonds is 10. The predicted molar refractivity (Wildman–Crippen MR) is 132 cm³/mol. The van der Waals surface area contributed by atoms with Gasteiger partial charge in [0.1, 0.15) is 12.1 Å². The molecule has 1 amide bonds. The van der Waals surface area contributed by atoms with Crippen LogP contribution in [0.15, 0.2) is 48.5 Å². The summed E-state index contributed by atoms with van der Waals surface area (Å²) in [5, 5.41) is 0.928. The van der Waals surface area contributed by atoms with Gasteiger partial charge in [-0.15, -0.1) is 0 Å². The van der Waals surface area contributed by atoms with Crippen LogP contribution in [0.25, 0.3) is 0 Å². The Morgan fingerprint density at radius 1 is 1.00 bits per heavy atom. The molecule has 0 unspecified atom stereocenters. The van der Waals surface area contributed by atoms with Crippen molar-refractivity contribution in [2.75, 3.05) is 17.9 Å². The minimum absolute atomic E-state index is 0.166. The van der Waals surface area contributed by atoms with Crippen LogP contribution in [0.5, 0.6) is 0 Å². The number of ether oxygens (including phenoxy) is 2. The fraction of sp³-hybridized carbons (Fsp3) is 0.400. The van der Waals surface area contributed by atoms with Crippen LogP contribution in [-0.4, -0.2) is 50.3 Å². The van der Waals surface area contributed by atoms with Crippen LogP contribution in [0.3, 0.4) is 0 Å². The van der Waals surface area contributed by atoms with Crippen molar-refractivity contribution in [3.63, 3.8) is 0 Å². The van der Waals surface area contributed by atoms with Gasteiger partial charge in [0.05, 0.1) is 12.3 Å². The number of hydrogen-bond donors (Lipinski definition) is 2. The number of anilines is 1. The number of esters is 2. The number of aryl methyl sites for hydroxylation is 1. The van der Waals surface area contributed by atoms with Crippen molar-refractivity contribution < 1.29 is 32.3 Å².